The number of nitrogens with two attached hydrogens (primary N) is 1. The van der Waals surface area contributed by atoms with Gasteiger partial charge < -0.3 is 20.3 Å². The minimum atomic E-state index is -0.447. The van der Waals surface area contributed by atoms with Gasteiger partial charge in [-0.3, -0.25) is 19.7 Å². The first kappa shape index (κ1) is 18.7. The van der Waals surface area contributed by atoms with Crippen LogP contribution >= 0.6 is 0 Å². The molecular formula is C16H22N4O5. The SMILES string of the molecule is Cc1cc(OCCC(=O)N2CCN(C(=O)CN)CC2)ccc1[N+](=O)[O-]. The lowest BCUT2D eigenvalue weighted by Crippen LogP contribution is -2.52. The molecule has 136 valence electrons. The highest BCUT2D eigenvalue weighted by Crippen LogP contribution is 2.23. The van der Waals surface area contributed by atoms with Gasteiger partial charge in [0.25, 0.3) is 5.69 Å². The molecule has 0 bridgehead atoms. The Hall–Kier alpha value is -2.68. The van der Waals surface area contributed by atoms with E-state index in [1.54, 1.807) is 22.8 Å². The number of carbonyl (C=O) groups excluding carboxylic acids is 2. The second-order valence-electron chi connectivity index (χ2n) is 5.77. The quantitative estimate of drug-likeness (QED) is 0.582. The number of amides is 2. The van der Waals surface area contributed by atoms with Gasteiger partial charge in [-0.15, -0.1) is 0 Å². The lowest BCUT2D eigenvalue weighted by atomic mass is 10.2. The third-order valence-electron chi connectivity index (χ3n) is 4.11. The molecule has 0 spiro atoms. The highest BCUT2D eigenvalue weighted by atomic mass is 16.6. The molecule has 1 aromatic carbocycles. The topological polar surface area (TPSA) is 119 Å². The Bertz CT molecular complexity index is 656. The van der Waals surface area contributed by atoms with E-state index in [9.17, 15) is 19.7 Å². The second kappa shape index (κ2) is 8.43. The van der Waals surface area contributed by atoms with E-state index in [4.69, 9.17) is 10.5 Å². The van der Waals surface area contributed by atoms with Crippen molar-refractivity contribution >= 4 is 17.5 Å². The predicted molar refractivity (Wildman–Crippen MR) is 90.2 cm³/mol. The van der Waals surface area contributed by atoms with Gasteiger partial charge in [0.1, 0.15) is 5.75 Å². The molecule has 0 aromatic heterocycles. The van der Waals surface area contributed by atoms with Crippen LogP contribution in [0.25, 0.3) is 0 Å². The summed E-state index contributed by atoms with van der Waals surface area (Å²) in [5, 5.41) is 10.8. The molecule has 9 heteroatoms. The molecular weight excluding hydrogens is 328 g/mol. The molecule has 1 fully saturated rings. The van der Waals surface area contributed by atoms with Crippen LogP contribution in [-0.4, -0.2) is 65.9 Å². The van der Waals surface area contributed by atoms with E-state index >= 15 is 0 Å². The largest absolute Gasteiger partial charge is 0.493 e. The molecule has 1 aliphatic rings. The molecule has 0 radical (unpaired) electrons. The summed E-state index contributed by atoms with van der Waals surface area (Å²) in [6, 6.07) is 4.49. The Labute approximate surface area is 145 Å². The number of hydrogen-bond acceptors (Lipinski definition) is 6. The smallest absolute Gasteiger partial charge is 0.272 e. The maximum absolute atomic E-state index is 12.2. The van der Waals surface area contributed by atoms with E-state index in [1.165, 1.54) is 12.1 Å². The number of hydrogen-bond donors (Lipinski definition) is 1. The van der Waals surface area contributed by atoms with Crippen LogP contribution < -0.4 is 10.5 Å². The predicted octanol–water partition coefficient (Wildman–Crippen LogP) is 0.302. The van der Waals surface area contributed by atoms with Crippen molar-refractivity contribution in [1.29, 1.82) is 0 Å². The normalized spacial score (nSPS) is 14.3. The molecule has 1 aromatic rings. The van der Waals surface area contributed by atoms with Crippen LogP contribution in [0.4, 0.5) is 5.69 Å². The van der Waals surface area contributed by atoms with E-state index in [0.29, 0.717) is 37.5 Å². The van der Waals surface area contributed by atoms with Gasteiger partial charge in [-0.05, 0) is 19.1 Å². The lowest BCUT2D eigenvalue weighted by molar-refractivity contribution is -0.385. The van der Waals surface area contributed by atoms with Gasteiger partial charge in [0.05, 0.1) is 24.5 Å². The molecule has 2 rings (SSSR count). The third kappa shape index (κ3) is 4.90. The summed E-state index contributed by atoms with van der Waals surface area (Å²) in [7, 11) is 0. The number of benzene rings is 1. The van der Waals surface area contributed by atoms with Crippen LogP contribution in [0.3, 0.4) is 0 Å². The summed E-state index contributed by atoms with van der Waals surface area (Å²) >= 11 is 0. The molecule has 1 aliphatic heterocycles. The fraction of sp³-hybridized carbons (Fsp3) is 0.500. The van der Waals surface area contributed by atoms with Gasteiger partial charge in [0.2, 0.25) is 11.8 Å². The molecule has 0 atom stereocenters. The molecule has 1 saturated heterocycles. The fourth-order valence-electron chi connectivity index (χ4n) is 2.67. The van der Waals surface area contributed by atoms with E-state index in [-0.39, 0.29) is 37.1 Å². The van der Waals surface area contributed by atoms with Crippen molar-refractivity contribution in [2.75, 3.05) is 39.3 Å². The van der Waals surface area contributed by atoms with E-state index in [1.807, 2.05) is 0 Å². The molecule has 0 aliphatic carbocycles. The molecule has 2 N–H and O–H groups in total. The number of nitro benzene ring substituents is 1. The summed E-state index contributed by atoms with van der Waals surface area (Å²) in [6.45, 7) is 3.77. The van der Waals surface area contributed by atoms with Crippen LogP contribution in [-0.2, 0) is 9.59 Å². The number of nitro groups is 1. The van der Waals surface area contributed by atoms with Crippen LogP contribution in [0.15, 0.2) is 18.2 Å². The van der Waals surface area contributed by atoms with E-state index in [0.717, 1.165) is 0 Å². The standard InChI is InChI=1S/C16H22N4O5/c1-12-10-13(2-3-14(12)20(23)24)25-9-4-15(21)18-5-7-19(8-6-18)16(22)11-17/h2-3,10H,4-9,11,17H2,1H3. The average molecular weight is 350 g/mol. The van der Waals surface area contributed by atoms with Crippen LogP contribution in [0.2, 0.25) is 0 Å². The zero-order chi connectivity index (χ0) is 18.4. The van der Waals surface area contributed by atoms with Crippen molar-refractivity contribution in [3.05, 3.63) is 33.9 Å². The monoisotopic (exact) mass is 350 g/mol. The summed E-state index contributed by atoms with van der Waals surface area (Å²) in [6.07, 6.45) is 0.209. The van der Waals surface area contributed by atoms with Crippen molar-refractivity contribution in [2.45, 2.75) is 13.3 Å². The van der Waals surface area contributed by atoms with Gasteiger partial charge in [-0.1, -0.05) is 0 Å². The number of piperazine rings is 1. The van der Waals surface area contributed by atoms with Crippen LogP contribution in [0.1, 0.15) is 12.0 Å². The van der Waals surface area contributed by atoms with Crippen LogP contribution in [0.5, 0.6) is 5.75 Å². The van der Waals surface area contributed by atoms with Crippen molar-refractivity contribution in [1.82, 2.24) is 9.80 Å². The van der Waals surface area contributed by atoms with Gasteiger partial charge in [-0.2, -0.15) is 0 Å². The molecule has 9 nitrogen and oxygen atoms in total. The first-order valence-corrected chi connectivity index (χ1v) is 8.06. The van der Waals surface area contributed by atoms with Crippen LogP contribution in [0, 0.1) is 17.0 Å². The minimum absolute atomic E-state index is 0.0174. The highest BCUT2D eigenvalue weighted by molar-refractivity contribution is 5.79. The molecule has 0 unspecified atom stereocenters. The van der Waals surface area contributed by atoms with Crippen molar-refractivity contribution in [3.8, 4) is 5.75 Å². The van der Waals surface area contributed by atoms with Crippen molar-refractivity contribution in [2.24, 2.45) is 5.73 Å². The molecule has 25 heavy (non-hydrogen) atoms. The summed E-state index contributed by atoms with van der Waals surface area (Å²) < 4.78 is 5.51. The summed E-state index contributed by atoms with van der Waals surface area (Å²) in [5.74, 6) is 0.344. The average Bonchev–Trinajstić information content (AvgIpc) is 2.60. The number of rotatable bonds is 6. The molecule has 1 heterocycles. The minimum Gasteiger partial charge on any atom is -0.493 e. The lowest BCUT2D eigenvalue weighted by Gasteiger charge is -2.34. The molecule has 0 saturated carbocycles. The highest BCUT2D eigenvalue weighted by Gasteiger charge is 2.23. The Kier molecular flexibility index (Phi) is 6.29. The Morgan fingerprint density at radius 2 is 1.80 bits per heavy atom. The first-order valence-electron chi connectivity index (χ1n) is 8.06. The Morgan fingerprint density at radius 3 is 2.32 bits per heavy atom. The maximum Gasteiger partial charge on any atom is 0.272 e. The zero-order valence-corrected chi connectivity index (χ0v) is 14.1. The van der Waals surface area contributed by atoms with Gasteiger partial charge in [0, 0.05) is 37.8 Å². The summed E-state index contributed by atoms with van der Waals surface area (Å²) in [5.41, 5.74) is 5.87. The maximum atomic E-state index is 12.2. The van der Waals surface area contributed by atoms with Crippen molar-refractivity contribution < 1.29 is 19.2 Å². The first-order chi connectivity index (χ1) is 11.9. The van der Waals surface area contributed by atoms with Crippen molar-refractivity contribution in [3.63, 3.8) is 0 Å². The molecule has 2 amide bonds. The van der Waals surface area contributed by atoms with Gasteiger partial charge >= 0.3 is 0 Å². The number of aryl methyl sites for hydroxylation is 1. The Morgan fingerprint density at radius 1 is 1.20 bits per heavy atom. The summed E-state index contributed by atoms with van der Waals surface area (Å²) in [4.78, 5) is 37.4. The second-order valence-corrected chi connectivity index (χ2v) is 5.77. The van der Waals surface area contributed by atoms with E-state index < -0.39 is 4.92 Å². The third-order valence-corrected chi connectivity index (χ3v) is 4.11. The number of nitrogens with zero attached hydrogens (tertiary/aromatic N) is 3. The van der Waals surface area contributed by atoms with Gasteiger partial charge in [-0.25, -0.2) is 0 Å². The number of carbonyl (C=O) groups is 2. The number of ether oxygens (including phenoxy) is 1. The Balaban J connectivity index is 1.77. The fourth-order valence-corrected chi connectivity index (χ4v) is 2.67. The van der Waals surface area contributed by atoms with E-state index in [2.05, 4.69) is 0 Å². The zero-order valence-electron chi connectivity index (χ0n) is 14.1. The van der Waals surface area contributed by atoms with Gasteiger partial charge in [0.15, 0.2) is 0 Å².